The third-order valence-corrected chi connectivity index (χ3v) is 2.00. The van der Waals surface area contributed by atoms with Crippen molar-refractivity contribution in [2.45, 2.75) is 34.6 Å². The summed E-state index contributed by atoms with van der Waals surface area (Å²) >= 11 is 0. The first-order valence-electron chi connectivity index (χ1n) is 6.09. The van der Waals surface area contributed by atoms with Crippen molar-refractivity contribution in [3.8, 4) is 0 Å². The van der Waals surface area contributed by atoms with Gasteiger partial charge < -0.3 is 0 Å². The standard InChI is InChI=1S/C7H9N.C7H8.C2H6/c1-6-3-4-7(2)8-5-6;1-7-5-3-2-4-6-7;1-2/h3-5H,1-2H3;2-6H,1H3;1-2H3. The van der Waals surface area contributed by atoms with Crippen LogP contribution in [0.5, 0.6) is 0 Å². The average Bonchev–Trinajstić information content (AvgIpc) is 2.37. The SMILES string of the molecule is CC.Cc1ccc(C)nc1.Cc1ccccc1. The Bertz CT molecular complexity index is 355. The van der Waals surface area contributed by atoms with E-state index in [1.54, 1.807) is 0 Å². The molecular formula is C16H23N. The molecule has 0 aliphatic rings. The molecule has 0 spiro atoms. The Hall–Kier alpha value is -1.63. The van der Waals surface area contributed by atoms with E-state index in [2.05, 4.69) is 30.1 Å². The second kappa shape index (κ2) is 9.59. The Kier molecular flexibility index (Phi) is 8.67. The van der Waals surface area contributed by atoms with Gasteiger partial charge in [0.25, 0.3) is 0 Å². The predicted octanol–water partition coefficient (Wildman–Crippen LogP) is 4.72. The molecule has 0 radical (unpaired) electrons. The van der Waals surface area contributed by atoms with Gasteiger partial charge in [-0.1, -0.05) is 55.8 Å². The number of aromatic nitrogens is 1. The largest absolute Gasteiger partial charge is 0.261 e. The first-order chi connectivity index (χ1) is 8.18. The van der Waals surface area contributed by atoms with Crippen molar-refractivity contribution in [1.82, 2.24) is 4.98 Å². The molecule has 0 amide bonds. The molecule has 17 heavy (non-hydrogen) atoms. The normalized spacial score (nSPS) is 8.29. The van der Waals surface area contributed by atoms with Crippen molar-refractivity contribution in [3.63, 3.8) is 0 Å². The molecule has 0 aliphatic carbocycles. The van der Waals surface area contributed by atoms with E-state index in [0.717, 1.165) is 5.69 Å². The highest BCUT2D eigenvalue weighted by molar-refractivity contribution is 5.11. The molecule has 0 atom stereocenters. The number of rotatable bonds is 0. The van der Waals surface area contributed by atoms with Gasteiger partial charge in [-0.3, -0.25) is 4.98 Å². The highest BCUT2D eigenvalue weighted by Crippen LogP contribution is 1.94. The summed E-state index contributed by atoms with van der Waals surface area (Å²) in [4.78, 5) is 4.08. The Morgan fingerprint density at radius 3 is 1.59 bits per heavy atom. The van der Waals surface area contributed by atoms with Crippen LogP contribution in [0.1, 0.15) is 30.7 Å². The van der Waals surface area contributed by atoms with Crippen LogP contribution >= 0.6 is 0 Å². The van der Waals surface area contributed by atoms with Crippen LogP contribution in [0.3, 0.4) is 0 Å². The monoisotopic (exact) mass is 229 g/mol. The van der Waals surface area contributed by atoms with Gasteiger partial charge in [0.2, 0.25) is 0 Å². The smallest absolute Gasteiger partial charge is 0.0372 e. The van der Waals surface area contributed by atoms with Crippen molar-refractivity contribution < 1.29 is 0 Å². The predicted molar refractivity (Wildman–Crippen MR) is 76.2 cm³/mol. The molecule has 0 fully saturated rings. The minimum atomic E-state index is 1.08. The van der Waals surface area contributed by atoms with Gasteiger partial charge in [0, 0.05) is 11.9 Å². The fourth-order valence-corrected chi connectivity index (χ4v) is 1.08. The van der Waals surface area contributed by atoms with E-state index < -0.39 is 0 Å². The number of pyridine rings is 1. The van der Waals surface area contributed by atoms with Crippen molar-refractivity contribution in [3.05, 3.63) is 65.5 Å². The highest BCUT2D eigenvalue weighted by Gasteiger charge is 1.81. The maximum atomic E-state index is 4.08. The lowest BCUT2D eigenvalue weighted by Gasteiger charge is -1.89. The minimum Gasteiger partial charge on any atom is -0.261 e. The van der Waals surface area contributed by atoms with Gasteiger partial charge in [-0.05, 0) is 32.4 Å². The molecule has 0 unspecified atom stereocenters. The Balaban J connectivity index is 0.000000265. The number of nitrogens with zero attached hydrogens (tertiary/aromatic N) is 1. The van der Waals surface area contributed by atoms with E-state index in [9.17, 15) is 0 Å². The van der Waals surface area contributed by atoms with Crippen LogP contribution in [-0.4, -0.2) is 4.98 Å². The van der Waals surface area contributed by atoms with Crippen molar-refractivity contribution in [2.75, 3.05) is 0 Å². The third-order valence-electron chi connectivity index (χ3n) is 2.00. The molecule has 1 heterocycles. The van der Waals surface area contributed by atoms with Crippen molar-refractivity contribution in [1.29, 1.82) is 0 Å². The fraction of sp³-hybridized carbons (Fsp3) is 0.312. The van der Waals surface area contributed by atoms with E-state index in [4.69, 9.17) is 0 Å². The summed E-state index contributed by atoms with van der Waals surface area (Å²) in [5.41, 5.74) is 3.62. The van der Waals surface area contributed by atoms with Gasteiger partial charge >= 0.3 is 0 Å². The molecule has 0 bridgehead atoms. The molecule has 1 nitrogen and oxygen atoms in total. The summed E-state index contributed by atoms with van der Waals surface area (Å²) in [6.07, 6.45) is 1.87. The summed E-state index contributed by atoms with van der Waals surface area (Å²) in [5, 5.41) is 0. The zero-order valence-corrected chi connectivity index (χ0v) is 11.6. The van der Waals surface area contributed by atoms with Crippen LogP contribution in [0.4, 0.5) is 0 Å². The molecular weight excluding hydrogens is 206 g/mol. The molecule has 0 N–H and O–H groups in total. The molecule has 1 heteroatoms. The van der Waals surface area contributed by atoms with Gasteiger partial charge in [-0.2, -0.15) is 0 Å². The second-order valence-electron chi connectivity index (χ2n) is 3.63. The lowest BCUT2D eigenvalue weighted by atomic mass is 10.2. The zero-order valence-electron chi connectivity index (χ0n) is 11.6. The van der Waals surface area contributed by atoms with Crippen LogP contribution in [0.15, 0.2) is 48.7 Å². The van der Waals surface area contributed by atoms with Crippen LogP contribution in [-0.2, 0) is 0 Å². The van der Waals surface area contributed by atoms with E-state index in [-0.39, 0.29) is 0 Å². The van der Waals surface area contributed by atoms with Gasteiger partial charge in [0.1, 0.15) is 0 Å². The number of hydrogen-bond acceptors (Lipinski definition) is 1. The molecule has 0 saturated carbocycles. The van der Waals surface area contributed by atoms with Crippen LogP contribution in [0.2, 0.25) is 0 Å². The maximum absolute atomic E-state index is 4.08. The highest BCUT2D eigenvalue weighted by atomic mass is 14.6. The lowest BCUT2D eigenvalue weighted by molar-refractivity contribution is 1.17. The quantitative estimate of drug-likeness (QED) is 0.637. The van der Waals surface area contributed by atoms with Gasteiger partial charge in [-0.15, -0.1) is 0 Å². The molecule has 2 aromatic rings. The lowest BCUT2D eigenvalue weighted by Crippen LogP contribution is -1.78. The van der Waals surface area contributed by atoms with E-state index >= 15 is 0 Å². The number of benzene rings is 1. The average molecular weight is 229 g/mol. The topological polar surface area (TPSA) is 12.9 Å². The summed E-state index contributed by atoms with van der Waals surface area (Å²) in [6.45, 7) is 10.1. The molecule has 0 saturated heterocycles. The molecule has 0 aliphatic heterocycles. The first kappa shape index (κ1) is 15.4. The molecule has 92 valence electrons. The van der Waals surface area contributed by atoms with Crippen molar-refractivity contribution in [2.24, 2.45) is 0 Å². The molecule has 1 aromatic carbocycles. The summed E-state index contributed by atoms with van der Waals surface area (Å²) in [6, 6.07) is 14.3. The van der Waals surface area contributed by atoms with E-state index in [1.807, 2.05) is 58.2 Å². The van der Waals surface area contributed by atoms with Gasteiger partial charge in [0.15, 0.2) is 0 Å². The van der Waals surface area contributed by atoms with Gasteiger partial charge in [0.05, 0.1) is 0 Å². The number of aryl methyl sites for hydroxylation is 3. The van der Waals surface area contributed by atoms with Crippen LogP contribution < -0.4 is 0 Å². The van der Waals surface area contributed by atoms with E-state index in [1.165, 1.54) is 11.1 Å². The Morgan fingerprint density at radius 1 is 0.706 bits per heavy atom. The van der Waals surface area contributed by atoms with E-state index in [0.29, 0.717) is 0 Å². The third kappa shape index (κ3) is 8.21. The fourth-order valence-electron chi connectivity index (χ4n) is 1.08. The minimum absolute atomic E-state index is 1.08. The molecule has 1 aromatic heterocycles. The van der Waals surface area contributed by atoms with Crippen molar-refractivity contribution >= 4 is 0 Å². The Morgan fingerprint density at radius 2 is 1.29 bits per heavy atom. The van der Waals surface area contributed by atoms with Crippen LogP contribution in [0, 0.1) is 20.8 Å². The van der Waals surface area contributed by atoms with Gasteiger partial charge in [-0.25, -0.2) is 0 Å². The molecule has 2 rings (SSSR count). The zero-order chi connectivity index (χ0) is 13.1. The second-order valence-corrected chi connectivity index (χ2v) is 3.63. The number of hydrogen-bond donors (Lipinski definition) is 0. The maximum Gasteiger partial charge on any atom is 0.0372 e. The summed E-state index contributed by atoms with van der Waals surface area (Å²) in [5.74, 6) is 0. The first-order valence-corrected chi connectivity index (χ1v) is 6.09. The van der Waals surface area contributed by atoms with Crippen LogP contribution in [0.25, 0.3) is 0 Å². The summed E-state index contributed by atoms with van der Waals surface area (Å²) in [7, 11) is 0. The Labute approximate surface area is 106 Å². The summed E-state index contributed by atoms with van der Waals surface area (Å²) < 4.78 is 0.